The molecule has 0 aliphatic carbocycles. The van der Waals surface area contributed by atoms with Crippen molar-refractivity contribution in [1.29, 1.82) is 0 Å². The maximum atomic E-state index is 13.9. The van der Waals surface area contributed by atoms with Crippen molar-refractivity contribution in [2.45, 2.75) is 39.5 Å². The van der Waals surface area contributed by atoms with Crippen LogP contribution in [0.3, 0.4) is 0 Å². The maximum Gasteiger partial charge on any atom is 0.317 e. The van der Waals surface area contributed by atoms with Gasteiger partial charge >= 0.3 is 6.03 Å². The number of hydrogen-bond donors (Lipinski definition) is 1. The van der Waals surface area contributed by atoms with Crippen LogP contribution in [-0.4, -0.2) is 31.1 Å². The molecule has 0 saturated heterocycles. The van der Waals surface area contributed by atoms with Crippen LogP contribution in [0.4, 0.5) is 9.18 Å². The molecule has 1 aromatic rings. The van der Waals surface area contributed by atoms with E-state index in [9.17, 15) is 9.18 Å². The zero-order chi connectivity index (χ0) is 16.0. The lowest BCUT2D eigenvalue weighted by Gasteiger charge is -2.28. The van der Waals surface area contributed by atoms with Crippen LogP contribution in [0.25, 0.3) is 0 Å². The molecule has 1 aromatic carbocycles. The summed E-state index contributed by atoms with van der Waals surface area (Å²) in [4.78, 5) is 13.8. The SMILES string of the molecule is CCC(C)CN(C)C(=O)NCC(C)(C)c1ccccc1F. The highest BCUT2D eigenvalue weighted by Gasteiger charge is 2.25. The van der Waals surface area contributed by atoms with Gasteiger partial charge in [0.15, 0.2) is 0 Å². The standard InChI is InChI=1S/C17H27FN2O/c1-6-13(2)11-20(5)16(21)19-12-17(3,4)14-9-7-8-10-15(14)18/h7-10,13H,6,11-12H2,1-5H3,(H,19,21). The first-order chi connectivity index (χ1) is 9.77. The average molecular weight is 294 g/mol. The van der Waals surface area contributed by atoms with Crippen molar-refractivity contribution in [2.24, 2.45) is 5.92 Å². The molecule has 0 aliphatic heterocycles. The zero-order valence-corrected chi connectivity index (χ0v) is 13.7. The molecule has 118 valence electrons. The fourth-order valence-electron chi connectivity index (χ4n) is 2.22. The topological polar surface area (TPSA) is 32.3 Å². The van der Waals surface area contributed by atoms with Gasteiger partial charge in [-0.25, -0.2) is 9.18 Å². The number of hydrogen-bond acceptors (Lipinski definition) is 1. The van der Waals surface area contributed by atoms with E-state index in [0.29, 0.717) is 18.0 Å². The second-order valence-electron chi connectivity index (χ2n) is 6.42. The number of benzene rings is 1. The Balaban J connectivity index is 2.61. The minimum Gasteiger partial charge on any atom is -0.337 e. The zero-order valence-electron chi connectivity index (χ0n) is 13.7. The number of nitrogens with zero attached hydrogens (tertiary/aromatic N) is 1. The summed E-state index contributed by atoms with van der Waals surface area (Å²) in [5.41, 5.74) is 0.174. The average Bonchev–Trinajstić information content (AvgIpc) is 2.44. The second-order valence-corrected chi connectivity index (χ2v) is 6.42. The molecule has 0 radical (unpaired) electrons. The van der Waals surface area contributed by atoms with Crippen LogP contribution >= 0.6 is 0 Å². The Hall–Kier alpha value is -1.58. The first kappa shape index (κ1) is 17.5. The van der Waals surface area contributed by atoms with E-state index < -0.39 is 5.41 Å². The van der Waals surface area contributed by atoms with Crippen molar-refractivity contribution < 1.29 is 9.18 Å². The maximum absolute atomic E-state index is 13.9. The highest BCUT2D eigenvalue weighted by molar-refractivity contribution is 5.74. The van der Waals surface area contributed by atoms with Gasteiger partial charge in [-0.1, -0.05) is 52.3 Å². The molecule has 0 fully saturated rings. The van der Waals surface area contributed by atoms with E-state index >= 15 is 0 Å². The van der Waals surface area contributed by atoms with E-state index in [1.807, 2.05) is 19.9 Å². The molecule has 1 atom stereocenters. The molecule has 0 spiro atoms. The predicted octanol–water partition coefficient (Wildman–Crippen LogP) is 3.79. The highest BCUT2D eigenvalue weighted by atomic mass is 19.1. The van der Waals surface area contributed by atoms with Crippen molar-refractivity contribution in [2.75, 3.05) is 20.1 Å². The number of halogens is 1. The van der Waals surface area contributed by atoms with Crippen molar-refractivity contribution in [3.63, 3.8) is 0 Å². The van der Waals surface area contributed by atoms with Crippen LogP contribution in [0.2, 0.25) is 0 Å². The highest BCUT2D eigenvalue weighted by Crippen LogP contribution is 2.24. The summed E-state index contributed by atoms with van der Waals surface area (Å²) in [6, 6.07) is 6.60. The van der Waals surface area contributed by atoms with Gasteiger partial charge in [-0.05, 0) is 17.5 Å². The Bertz CT molecular complexity index is 474. The number of amides is 2. The lowest BCUT2D eigenvalue weighted by atomic mass is 9.84. The summed E-state index contributed by atoms with van der Waals surface area (Å²) in [7, 11) is 1.79. The number of urea groups is 1. The van der Waals surface area contributed by atoms with Gasteiger partial charge in [-0.3, -0.25) is 0 Å². The molecular weight excluding hydrogens is 267 g/mol. The molecule has 1 N–H and O–H groups in total. The van der Waals surface area contributed by atoms with Gasteiger partial charge in [0.25, 0.3) is 0 Å². The van der Waals surface area contributed by atoms with Crippen LogP contribution in [-0.2, 0) is 5.41 Å². The van der Waals surface area contributed by atoms with Gasteiger partial charge in [0.05, 0.1) is 0 Å². The molecule has 1 unspecified atom stereocenters. The largest absolute Gasteiger partial charge is 0.337 e. The molecule has 0 aromatic heterocycles. The minimum atomic E-state index is -0.446. The first-order valence-electron chi connectivity index (χ1n) is 7.52. The molecule has 1 rings (SSSR count). The molecule has 2 amide bonds. The number of carbonyl (C=O) groups is 1. The molecule has 4 heteroatoms. The Morgan fingerprint density at radius 3 is 2.57 bits per heavy atom. The monoisotopic (exact) mass is 294 g/mol. The van der Waals surface area contributed by atoms with Gasteiger partial charge in [-0.15, -0.1) is 0 Å². The second kappa shape index (κ2) is 7.43. The first-order valence-corrected chi connectivity index (χ1v) is 7.52. The van der Waals surface area contributed by atoms with Gasteiger partial charge in [0.1, 0.15) is 5.82 Å². The smallest absolute Gasteiger partial charge is 0.317 e. The lowest BCUT2D eigenvalue weighted by Crippen LogP contribution is -2.44. The van der Waals surface area contributed by atoms with E-state index in [1.54, 1.807) is 24.1 Å². The minimum absolute atomic E-state index is 0.111. The third-order valence-corrected chi connectivity index (χ3v) is 3.91. The van der Waals surface area contributed by atoms with E-state index in [0.717, 1.165) is 13.0 Å². The van der Waals surface area contributed by atoms with Crippen LogP contribution in [0.1, 0.15) is 39.7 Å². The van der Waals surface area contributed by atoms with E-state index in [2.05, 4.69) is 19.2 Å². The molecule has 0 bridgehead atoms. The fourth-order valence-corrected chi connectivity index (χ4v) is 2.22. The quantitative estimate of drug-likeness (QED) is 0.850. The van der Waals surface area contributed by atoms with Gasteiger partial charge in [-0.2, -0.15) is 0 Å². The molecular formula is C17H27FN2O. The predicted molar refractivity (Wildman–Crippen MR) is 84.9 cm³/mol. The van der Waals surface area contributed by atoms with E-state index in [4.69, 9.17) is 0 Å². The van der Waals surface area contributed by atoms with Gasteiger partial charge in [0.2, 0.25) is 0 Å². The van der Waals surface area contributed by atoms with E-state index in [1.165, 1.54) is 6.07 Å². The molecule has 0 aliphatic rings. The molecule has 3 nitrogen and oxygen atoms in total. The fraction of sp³-hybridized carbons (Fsp3) is 0.588. The summed E-state index contributed by atoms with van der Waals surface area (Å²) in [5, 5.41) is 2.90. The summed E-state index contributed by atoms with van der Waals surface area (Å²) < 4.78 is 13.9. The summed E-state index contributed by atoms with van der Waals surface area (Å²) in [6.07, 6.45) is 1.04. The number of carbonyl (C=O) groups excluding carboxylic acids is 1. The Morgan fingerprint density at radius 2 is 2.00 bits per heavy atom. The van der Waals surface area contributed by atoms with Crippen LogP contribution in [0.5, 0.6) is 0 Å². The molecule has 0 heterocycles. The third-order valence-electron chi connectivity index (χ3n) is 3.91. The summed E-state index contributed by atoms with van der Waals surface area (Å²) >= 11 is 0. The van der Waals surface area contributed by atoms with E-state index in [-0.39, 0.29) is 11.8 Å². The van der Waals surface area contributed by atoms with Crippen molar-refractivity contribution in [3.8, 4) is 0 Å². The number of rotatable bonds is 6. The molecule has 21 heavy (non-hydrogen) atoms. The Morgan fingerprint density at radius 1 is 1.38 bits per heavy atom. The molecule has 0 saturated carbocycles. The van der Waals surface area contributed by atoms with Crippen molar-refractivity contribution >= 4 is 6.03 Å². The van der Waals surface area contributed by atoms with Crippen LogP contribution < -0.4 is 5.32 Å². The summed E-state index contributed by atoms with van der Waals surface area (Å²) in [6.45, 7) is 9.21. The lowest BCUT2D eigenvalue weighted by molar-refractivity contribution is 0.199. The number of nitrogens with one attached hydrogen (secondary N) is 1. The van der Waals surface area contributed by atoms with Crippen molar-refractivity contribution in [3.05, 3.63) is 35.6 Å². The van der Waals surface area contributed by atoms with Gasteiger partial charge < -0.3 is 10.2 Å². The van der Waals surface area contributed by atoms with Crippen molar-refractivity contribution in [1.82, 2.24) is 10.2 Å². The Kier molecular flexibility index (Phi) is 6.19. The Labute approximate surface area is 127 Å². The third kappa shape index (κ3) is 5.03. The van der Waals surface area contributed by atoms with Crippen LogP contribution in [0, 0.1) is 11.7 Å². The van der Waals surface area contributed by atoms with Crippen LogP contribution in [0.15, 0.2) is 24.3 Å². The van der Waals surface area contributed by atoms with Gasteiger partial charge in [0, 0.05) is 25.6 Å². The summed E-state index contributed by atoms with van der Waals surface area (Å²) in [5.74, 6) is 0.241. The normalized spacial score (nSPS) is 12.9.